The Hall–Kier alpha value is -0.890. The highest BCUT2D eigenvalue weighted by molar-refractivity contribution is 9.10. The minimum absolute atomic E-state index is 1.15. The molecule has 0 N–H and O–H groups in total. The molecule has 0 amide bonds. The maximum Gasteiger partial charge on any atom is 0.0346 e. The van der Waals surface area contributed by atoms with Gasteiger partial charge in [-0.05, 0) is 30.0 Å². The van der Waals surface area contributed by atoms with Gasteiger partial charge in [0.1, 0.15) is 0 Å². The smallest absolute Gasteiger partial charge is 0.0346 e. The molecular formula is C10H8BrN. The molecule has 1 nitrogen and oxygen atoms in total. The number of aryl methyl sites for hydroxylation is 1. The molecular weight excluding hydrogens is 214 g/mol. The Morgan fingerprint density at radius 1 is 1.25 bits per heavy atom. The van der Waals surface area contributed by atoms with E-state index in [9.17, 15) is 0 Å². The zero-order chi connectivity index (χ0) is 8.55. The molecule has 1 heterocycles. The minimum Gasteiger partial charge on any atom is -0.264 e. The van der Waals surface area contributed by atoms with E-state index in [-0.39, 0.29) is 0 Å². The largest absolute Gasteiger partial charge is 0.264 e. The zero-order valence-electron chi connectivity index (χ0n) is 6.71. The number of benzene rings is 1. The van der Waals surface area contributed by atoms with Crippen molar-refractivity contribution in [3.05, 3.63) is 40.6 Å². The van der Waals surface area contributed by atoms with Gasteiger partial charge in [-0.3, -0.25) is 4.98 Å². The van der Waals surface area contributed by atoms with Gasteiger partial charge in [-0.2, -0.15) is 0 Å². The van der Waals surface area contributed by atoms with E-state index in [1.165, 1.54) is 16.3 Å². The van der Waals surface area contributed by atoms with Crippen molar-refractivity contribution in [3.63, 3.8) is 0 Å². The summed E-state index contributed by atoms with van der Waals surface area (Å²) < 4.78 is 1.15. The zero-order valence-corrected chi connectivity index (χ0v) is 8.30. The van der Waals surface area contributed by atoms with Crippen LogP contribution in [0.15, 0.2) is 35.1 Å². The lowest BCUT2D eigenvalue weighted by atomic mass is 10.1. The van der Waals surface area contributed by atoms with Gasteiger partial charge in [0.15, 0.2) is 0 Å². The lowest BCUT2D eigenvalue weighted by molar-refractivity contribution is 1.35. The molecule has 0 unspecified atom stereocenters. The van der Waals surface area contributed by atoms with Crippen molar-refractivity contribution in [1.82, 2.24) is 4.98 Å². The van der Waals surface area contributed by atoms with Crippen molar-refractivity contribution >= 4 is 26.7 Å². The first kappa shape index (κ1) is 7.74. The lowest BCUT2D eigenvalue weighted by Gasteiger charge is -2.02. The molecule has 0 fully saturated rings. The minimum atomic E-state index is 1.15. The molecule has 0 spiro atoms. The summed E-state index contributed by atoms with van der Waals surface area (Å²) in [4.78, 5) is 4.07. The molecule has 0 saturated carbocycles. The molecule has 2 heteroatoms. The normalized spacial score (nSPS) is 10.5. The van der Waals surface area contributed by atoms with Crippen LogP contribution in [-0.2, 0) is 0 Å². The summed E-state index contributed by atoms with van der Waals surface area (Å²) in [6.07, 6.45) is 3.70. The molecule has 12 heavy (non-hydrogen) atoms. The van der Waals surface area contributed by atoms with Gasteiger partial charge in [-0.25, -0.2) is 0 Å². The van der Waals surface area contributed by atoms with Gasteiger partial charge in [-0.1, -0.05) is 22.0 Å². The number of hydrogen-bond donors (Lipinski definition) is 0. The second-order valence-electron chi connectivity index (χ2n) is 2.77. The van der Waals surface area contributed by atoms with Gasteiger partial charge in [0, 0.05) is 22.3 Å². The highest BCUT2D eigenvalue weighted by atomic mass is 79.9. The Balaban J connectivity index is 2.91. The Labute approximate surface area is 79.6 Å². The fourth-order valence-corrected chi connectivity index (χ4v) is 1.64. The van der Waals surface area contributed by atoms with Crippen molar-refractivity contribution in [2.45, 2.75) is 6.92 Å². The first-order chi connectivity index (χ1) is 5.79. The van der Waals surface area contributed by atoms with Crippen LogP contribution in [0.3, 0.4) is 0 Å². The molecule has 0 aliphatic heterocycles. The number of hydrogen-bond acceptors (Lipinski definition) is 1. The van der Waals surface area contributed by atoms with Crippen LogP contribution in [-0.4, -0.2) is 4.98 Å². The molecule has 0 bridgehead atoms. The summed E-state index contributed by atoms with van der Waals surface area (Å²) >= 11 is 3.50. The molecule has 0 atom stereocenters. The first-order valence-corrected chi connectivity index (χ1v) is 4.57. The third-order valence-corrected chi connectivity index (χ3v) is 2.88. The summed E-state index contributed by atoms with van der Waals surface area (Å²) in [6, 6.07) is 6.16. The number of nitrogens with zero attached hydrogens (tertiary/aromatic N) is 1. The van der Waals surface area contributed by atoms with Crippen molar-refractivity contribution in [3.8, 4) is 0 Å². The van der Waals surface area contributed by atoms with E-state index in [0.29, 0.717) is 0 Å². The summed E-state index contributed by atoms with van der Waals surface area (Å²) in [5, 5.41) is 2.46. The van der Waals surface area contributed by atoms with Gasteiger partial charge in [0.05, 0.1) is 0 Å². The quantitative estimate of drug-likeness (QED) is 0.666. The average molecular weight is 222 g/mol. The van der Waals surface area contributed by atoms with Crippen LogP contribution >= 0.6 is 15.9 Å². The van der Waals surface area contributed by atoms with Gasteiger partial charge in [-0.15, -0.1) is 0 Å². The molecule has 0 aliphatic rings. The fraction of sp³-hybridized carbons (Fsp3) is 0.100. The lowest BCUT2D eigenvalue weighted by Crippen LogP contribution is -1.80. The second-order valence-corrected chi connectivity index (χ2v) is 3.62. The monoisotopic (exact) mass is 221 g/mol. The number of rotatable bonds is 0. The van der Waals surface area contributed by atoms with Gasteiger partial charge in [0.25, 0.3) is 0 Å². The van der Waals surface area contributed by atoms with Crippen LogP contribution in [0.1, 0.15) is 5.56 Å². The van der Waals surface area contributed by atoms with Crippen LogP contribution in [0, 0.1) is 6.92 Å². The topological polar surface area (TPSA) is 12.9 Å². The second kappa shape index (κ2) is 2.87. The van der Waals surface area contributed by atoms with Crippen LogP contribution < -0.4 is 0 Å². The summed E-state index contributed by atoms with van der Waals surface area (Å²) in [5.74, 6) is 0. The molecule has 0 radical (unpaired) electrons. The predicted molar refractivity (Wildman–Crippen MR) is 54.2 cm³/mol. The predicted octanol–water partition coefficient (Wildman–Crippen LogP) is 3.31. The SMILES string of the molecule is Cc1c(Br)ccc2cnccc12. The summed E-state index contributed by atoms with van der Waals surface area (Å²) in [7, 11) is 0. The van der Waals surface area contributed by atoms with E-state index in [1.54, 1.807) is 0 Å². The van der Waals surface area contributed by atoms with Crippen molar-refractivity contribution < 1.29 is 0 Å². The van der Waals surface area contributed by atoms with Crippen LogP contribution in [0.4, 0.5) is 0 Å². The molecule has 0 aliphatic carbocycles. The van der Waals surface area contributed by atoms with E-state index < -0.39 is 0 Å². The van der Waals surface area contributed by atoms with Crippen molar-refractivity contribution in [1.29, 1.82) is 0 Å². The third-order valence-electron chi connectivity index (χ3n) is 2.02. The van der Waals surface area contributed by atoms with Gasteiger partial charge >= 0.3 is 0 Å². The van der Waals surface area contributed by atoms with E-state index in [0.717, 1.165) is 4.47 Å². The van der Waals surface area contributed by atoms with E-state index in [4.69, 9.17) is 0 Å². The number of aromatic nitrogens is 1. The fourth-order valence-electron chi connectivity index (χ4n) is 1.30. The van der Waals surface area contributed by atoms with Crippen molar-refractivity contribution in [2.24, 2.45) is 0 Å². The summed E-state index contributed by atoms with van der Waals surface area (Å²) in [6.45, 7) is 2.10. The maximum absolute atomic E-state index is 4.07. The Morgan fingerprint density at radius 2 is 2.08 bits per heavy atom. The van der Waals surface area contributed by atoms with Crippen LogP contribution in [0.5, 0.6) is 0 Å². The average Bonchev–Trinajstić information content (AvgIpc) is 2.12. The highest BCUT2D eigenvalue weighted by Crippen LogP contribution is 2.24. The van der Waals surface area contributed by atoms with E-state index >= 15 is 0 Å². The summed E-state index contributed by atoms with van der Waals surface area (Å²) in [5.41, 5.74) is 1.27. The highest BCUT2D eigenvalue weighted by Gasteiger charge is 1.99. The van der Waals surface area contributed by atoms with Crippen molar-refractivity contribution in [2.75, 3.05) is 0 Å². The van der Waals surface area contributed by atoms with Crippen LogP contribution in [0.25, 0.3) is 10.8 Å². The Bertz CT molecular complexity index is 423. The third kappa shape index (κ3) is 1.12. The van der Waals surface area contributed by atoms with E-state index in [1.807, 2.05) is 18.5 Å². The molecule has 0 saturated heterocycles. The molecule has 2 rings (SSSR count). The number of halogens is 1. The number of pyridine rings is 1. The number of fused-ring (bicyclic) bond motifs is 1. The Morgan fingerprint density at radius 3 is 2.92 bits per heavy atom. The molecule has 1 aromatic carbocycles. The molecule has 2 aromatic rings. The maximum atomic E-state index is 4.07. The molecule has 60 valence electrons. The van der Waals surface area contributed by atoms with Gasteiger partial charge < -0.3 is 0 Å². The Kier molecular flexibility index (Phi) is 1.85. The standard InChI is InChI=1S/C10H8BrN/c1-7-9-4-5-12-6-8(9)2-3-10(7)11/h2-6H,1H3. The van der Waals surface area contributed by atoms with E-state index in [2.05, 4.69) is 40.0 Å². The van der Waals surface area contributed by atoms with Gasteiger partial charge in [0.2, 0.25) is 0 Å². The first-order valence-electron chi connectivity index (χ1n) is 3.78. The molecule has 1 aromatic heterocycles. The van der Waals surface area contributed by atoms with Crippen LogP contribution in [0.2, 0.25) is 0 Å².